The zero-order valence-electron chi connectivity index (χ0n) is 17.9. The predicted molar refractivity (Wildman–Crippen MR) is 136 cm³/mol. The van der Waals surface area contributed by atoms with Crippen LogP contribution in [0.2, 0.25) is 10.0 Å². The molecule has 4 aromatic rings. The Morgan fingerprint density at radius 1 is 1.09 bits per heavy atom. The molecule has 0 fully saturated rings. The van der Waals surface area contributed by atoms with E-state index in [1.807, 2.05) is 5.38 Å². The van der Waals surface area contributed by atoms with Crippen molar-refractivity contribution in [2.75, 3.05) is 5.32 Å². The van der Waals surface area contributed by atoms with Crippen LogP contribution in [0, 0.1) is 0 Å². The third kappa shape index (κ3) is 4.31. The largest absolute Gasteiger partial charge is 0.324 e. The maximum atomic E-state index is 13.5. The molecule has 2 aromatic heterocycles. The van der Waals surface area contributed by atoms with Gasteiger partial charge in [0.05, 0.1) is 11.7 Å². The minimum atomic E-state index is -0.775. The standard InChI is InChI=1S/C25H21Cl2N3O2S/c1-14(23(31)29-20-10-18(26)9-19(27)11-20)30-13-28-24-22(25(30)32)21(12-33-24)17-7-6-15-4-2-3-5-16(15)8-17/h6-14H,2-5H2,1H3,(H,29,31). The summed E-state index contributed by atoms with van der Waals surface area (Å²) >= 11 is 13.5. The molecule has 1 amide bonds. The molecule has 1 aliphatic carbocycles. The number of hydrogen-bond donors (Lipinski definition) is 1. The third-order valence-electron chi connectivity index (χ3n) is 6.11. The van der Waals surface area contributed by atoms with Crippen molar-refractivity contribution in [3.63, 3.8) is 0 Å². The van der Waals surface area contributed by atoms with Gasteiger partial charge in [-0.25, -0.2) is 4.98 Å². The average Bonchev–Trinajstić information content (AvgIpc) is 3.23. The Kier molecular flexibility index (Phi) is 5.99. The van der Waals surface area contributed by atoms with Crippen LogP contribution in [0.25, 0.3) is 21.3 Å². The first-order chi connectivity index (χ1) is 15.9. The van der Waals surface area contributed by atoms with Gasteiger partial charge in [-0.2, -0.15) is 0 Å². The molecule has 1 aliphatic rings. The van der Waals surface area contributed by atoms with Gasteiger partial charge in [-0.3, -0.25) is 14.2 Å². The van der Waals surface area contributed by atoms with Gasteiger partial charge in [-0.05, 0) is 67.5 Å². The zero-order valence-corrected chi connectivity index (χ0v) is 20.2. The fraction of sp³-hybridized carbons (Fsp3) is 0.240. The number of rotatable bonds is 4. The number of hydrogen-bond acceptors (Lipinski definition) is 4. The number of aromatic nitrogens is 2. The Morgan fingerprint density at radius 3 is 2.58 bits per heavy atom. The van der Waals surface area contributed by atoms with E-state index in [9.17, 15) is 9.59 Å². The van der Waals surface area contributed by atoms with E-state index in [0.29, 0.717) is 25.9 Å². The average molecular weight is 498 g/mol. The van der Waals surface area contributed by atoms with E-state index < -0.39 is 6.04 Å². The van der Waals surface area contributed by atoms with Crippen molar-refractivity contribution < 1.29 is 4.79 Å². The summed E-state index contributed by atoms with van der Waals surface area (Å²) in [6.07, 6.45) is 6.04. The van der Waals surface area contributed by atoms with Crippen LogP contribution in [0.15, 0.2) is 52.9 Å². The van der Waals surface area contributed by atoms with Crippen LogP contribution >= 0.6 is 34.5 Å². The summed E-state index contributed by atoms with van der Waals surface area (Å²) in [6, 6.07) is 10.5. The van der Waals surface area contributed by atoms with Gasteiger partial charge in [0.15, 0.2) is 0 Å². The molecule has 5 nitrogen and oxygen atoms in total. The fourth-order valence-electron chi connectivity index (χ4n) is 4.33. The molecule has 2 aromatic carbocycles. The van der Waals surface area contributed by atoms with Gasteiger partial charge in [-0.1, -0.05) is 41.4 Å². The van der Waals surface area contributed by atoms with E-state index in [2.05, 4.69) is 28.5 Å². The van der Waals surface area contributed by atoms with Gasteiger partial charge >= 0.3 is 0 Å². The Bertz CT molecular complexity index is 1420. The minimum Gasteiger partial charge on any atom is -0.324 e. The van der Waals surface area contributed by atoms with Crippen LogP contribution in [-0.2, 0) is 17.6 Å². The Hall–Kier alpha value is -2.67. The third-order valence-corrected chi connectivity index (χ3v) is 7.43. The molecule has 0 radical (unpaired) electrons. The Balaban J connectivity index is 1.50. The van der Waals surface area contributed by atoms with Gasteiger partial charge in [0.1, 0.15) is 10.9 Å². The van der Waals surface area contributed by atoms with Crippen molar-refractivity contribution in [2.45, 2.75) is 38.6 Å². The lowest BCUT2D eigenvalue weighted by molar-refractivity contribution is -0.118. The second kappa shape index (κ2) is 8.93. The van der Waals surface area contributed by atoms with Crippen LogP contribution in [0.5, 0.6) is 0 Å². The lowest BCUT2D eigenvalue weighted by atomic mass is 9.89. The number of thiophene rings is 1. The summed E-state index contributed by atoms with van der Waals surface area (Å²) in [4.78, 5) is 31.5. The van der Waals surface area contributed by atoms with Crippen LogP contribution < -0.4 is 10.9 Å². The van der Waals surface area contributed by atoms with E-state index in [4.69, 9.17) is 23.2 Å². The summed E-state index contributed by atoms with van der Waals surface area (Å²) in [5.74, 6) is -0.359. The molecule has 33 heavy (non-hydrogen) atoms. The Labute approximate surface area is 205 Å². The van der Waals surface area contributed by atoms with Gasteiger partial charge in [0, 0.05) is 26.7 Å². The highest BCUT2D eigenvalue weighted by Crippen LogP contribution is 2.33. The second-order valence-electron chi connectivity index (χ2n) is 8.30. The maximum Gasteiger partial charge on any atom is 0.263 e. The number of carbonyl (C=O) groups is 1. The molecular formula is C25H21Cl2N3O2S. The first-order valence-electron chi connectivity index (χ1n) is 10.8. The van der Waals surface area contributed by atoms with E-state index in [1.165, 1.54) is 46.2 Å². The summed E-state index contributed by atoms with van der Waals surface area (Å²) in [5.41, 5.74) is 4.87. The smallest absolute Gasteiger partial charge is 0.263 e. The first-order valence-corrected chi connectivity index (χ1v) is 12.4. The number of nitrogens with zero attached hydrogens (tertiary/aromatic N) is 2. The Morgan fingerprint density at radius 2 is 1.82 bits per heavy atom. The number of aryl methyl sites for hydroxylation is 2. The van der Waals surface area contributed by atoms with Crippen molar-refractivity contribution in [1.29, 1.82) is 0 Å². The molecule has 0 aliphatic heterocycles. The monoisotopic (exact) mass is 497 g/mol. The SMILES string of the molecule is CC(C(=O)Nc1cc(Cl)cc(Cl)c1)n1cnc2scc(-c3ccc4c(c3)CCCC4)c2c1=O. The van der Waals surface area contributed by atoms with Crippen LogP contribution in [0.3, 0.4) is 0 Å². The van der Waals surface area contributed by atoms with Crippen molar-refractivity contribution in [3.05, 3.63) is 79.6 Å². The van der Waals surface area contributed by atoms with Crippen molar-refractivity contribution in [2.24, 2.45) is 0 Å². The van der Waals surface area contributed by atoms with Gasteiger partial charge in [-0.15, -0.1) is 11.3 Å². The number of carbonyl (C=O) groups excluding carboxylic acids is 1. The molecule has 1 atom stereocenters. The van der Waals surface area contributed by atoms with Crippen molar-refractivity contribution >= 4 is 56.3 Å². The molecule has 168 valence electrons. The molecule has 8 heteroatoms. The highest BCUT2D eigenvalue weighted by Gasteiger charge is 2.21. The number of nitrogens with one attached hydrogen (secondary N) is 1. The molecule has 0 saturated carbocycles. The number of amides is 1. The number of benzene rings is 2. The maximum absolute atomic E-state index is 13.5. The summed E-state index contributed by atoms with van der Waals surface area (Å²) in [5, 5.41) is 6.13. The van der Waals surface area contributed by atoms with Crippen molar-refractivity contribution in [3.8, 4) is 11.1 Å². The lowest BCUT2D eigenvalue weighted by Crippen LogP contribution is -2.31. The number of anilines is 1. The molecular weight excluding hydrogens is 477 g/mol. The van der Waals surface area contributed by atoms with Gasteiger partial charge < -0.3 is 5.32 Å². The van der Waals surface area contributed by atoms with E-state index in [-0.39, 0.29) is 11.5 Å². The van der Waals surface area contributed by atoms with Crippen LogP contribution in [0.4, 0.5) is 5.69 Å². The molecule has 1 unspecified atom stereocenters. The van der Waals surface area contributed by atoms with Gasteiger partial charge in [0.25, 0.3) is 5.56 Å². The topological polar surface area (TPSA) is 64.0 Å². The van der Waals surface area contributed by atoms with E-state index >= 15 is 0 Å². The minimum absolute atomic E-state index is 0.235. The predicted octanol–water partition coefficient (Wildman–Crippen LogP) is 6.51. The molecule has 0 spiro atoms. The summed E-state index contributed by atoms with van der Waals surface area (Å²) < 4.78 is 1.37. The molecule has 1 N–H and O–H groups in total. The highest BCUT2D eigenvalue weighted by molar-refractivity contribution is 7.17. The quantitative estimate of drug-likeness (QED) is 0.349. The molecule has 5 rings (SSSR count). The first kappa shape index (κ1) is 22.1. The van der Waals surface area contributed by atoms with Crippen LogP contribution in [-0.4, -0.2) is 15.5 Å². The lowest BCUT2D eigenvalue weighted by Gasteiger charge is -2.17. The fourth-order valence-corrected chi connectivity index (χ4v) is 5.77. The van der Waals surface area contributed by atoms with Crippen molar-refractivity contribution in [1.82, 2.24) is 9.55 Å². The highest BCUT2D eigenvalue weighted by atomic mass is 35.5. The molecule has 0 saturated heterocycles. The molecule has 2 heterocycles. The normalized spacial score (nSPS) is 14.2. The van der Waals surface area contributed by atoms with E-state index in [0.717, 1.165) is 24.0 Å². The number of halogens is 2. The summed E-state index contributed by atoms with van der Waals surface area (Å²) in [6.45, 7) is 1.67. The van der Waals surface area contributed by atoms with E-state index in [1.54, 1.807) is 25.1 Å². The summed E-state index contributed by atoms with van der Waals surface area (Å²) in [7, 11) is 0. The molecule has 0 bridgehead atoms. The zero-order chi connectivity index (χ0) is 23.1. The van der Waals surface area contributed by atoms with Gasteiger partial charge in [0.2, 0.25) is 5.91 Å². The second-order valence-corrected chi connectivity index (χ2v) is 10.0. The number of fused-ring (bicyclic) bond motifs is 2. The van der Waals surface area contributed by atoms with Crippen LogP contribution in [0.1, 0.15) is 36.9 Å².